The monoisotopic (exact) mass is 217 g/mol. The number of hydrogen-bond donors (Lipinski definition) is 1. The van der Waals surface area contributed by atoms with Crippen LogP contribution in [0, 0.1) is 5.92 Å². The van der Waals surface area contributed by atoms with E-state index in [-0.39, 0.29) is 0 Å². The zero-order valence-electron chi connectivity index (χ0n) is 9.46. The Kier molecular flexibility index (Phi) is 2.85. The average Bonchev–Trinajstić information content (AvgIpc) is 2.66. The second-order valence-electron chi connectivity index (χ2n) is 4.18. The fourth-order valence-electron chi connectivity index (χ4n) is 1.39. The Labute approximate surface area is 94.3 Å². The molecule has 1 aromatic carbocycles. The summed E-state index contributed by atoms with van der Waals surface area (Å²) in [7, 11) is 0. The Bertz CT molecular complexity index is 457. The molecule has 0 amide bonds. The van der Waals surface area contributed by atoms with E-state index in [0.29, 0.717) is 11.7 Å². The smallest absolute Gasteiger partial charge is 0.204 e. The molecule has 2 aromatic rings. The lowest BCUT2D eigenvalue weighted by atomic mass is 10.2. The minimum absolute atomic E-state index is 0.508. The molecule has 0 saturated carbocycles. The van der Waals surface area contributed by atoms with Crippen LogP contribution in [-0.4, -0.2) is 20.2 Å². The molecule has 2 N–H and O–H groups in total. The minimum Gasteiger partial charge on any atom is -0.399 e. The van der Waals surface area contributed by atoms with Crippen molar-refractivity contribution in [2.24, 2.45) is 5.92 Å². The number of tetrazole rings is 1. The van der Waals surface area contributed by atoms with Crippen molar-refractivity contribution in [3.05, 3.63) is 24.3 Å². The van der Waals surface area contributed by atoms with Gasteiger partial charge in [0.1, 0.15) is 0 Å². The molecule has 0 atom stereocenters. The molecule has 0 aliphatic carbocycles. The van der Waals surface area contributed by atoms with Gasteiger partial charge in [-0.2, -0.15) is 4.80 Å². The molecule has 16 heavy (non-hydrogen) atoms. The third kappa shape index (κ3) is 2.36. The van der Waals surface area contributed by atoms with Crippen LogP contribution in [0.5, 0.6) is 0 Å². The molecule has 1 aromatic heterocycles. The lowest BCUT2D eigenvalue weighted by Gasteiger charge is -2.00. The van der Waals surface area contributed by atoms with Crippen molar-refractivity contribution in [1.82, 2.24) is 20.2 Å². The highest BCUT2D eigenvalue weighted by molar-refractivity contribution is 5.57. The van der Waals surface area contributed by atoms with Gasteiger partial charge in [0.2, 0.25) is 5.82 Å². The highest BCUT2D eigenvalue weighted by Gasteiger charge is 2.06. The zero-order valence-corrected chi connectivity index (χ0v) is 9.46. The van der Waals surface area contributed by atoms with Crippen LogP contribution in [0.25, 0.3) is 11.4 Å². The van der Waals surface area contributed by atoms with Crippen molar-refractivity contribution >= 4 is 5.69 Å². The molecule has 2 rings (SSSR count). The first-order valence-electron chi connectivity index (χ1n) is 5.29. The largest absolute Gasteiger partial charge is 0.399 e. The molecular formula is C11H15N5. The molecule has 5 nitrogen and oxygen atoms in total. The number of rotatable bonds is 3. The first-order valence-corrected chi connectivity index (χ1v) is 5.29. The highest BCUT2D eigenvalue weighted by atomic mass is 15.6. The number of nitrogens with zero attached hydrogens (tertiary/aromatic N) is 4. The molecular weight excluding hydrogens is 202 g/mol. The van der Waals surface area contributed by atoms with E-state index in [0.717, 1.165) is 17.8 Å². The maximum atomic E-state index is 5.61. The van der Waals surface area contributed by atoms with E-state index in [1.54, 1.807) is 4.80 Å². The van der Waals surface area contributed by atoms with Crippen molar-refractivity contribution in [2.75, 3.05) is 5.73 Å². The van der Waals surface area contributed by atoms with Crippen LogP contribution >= 0.6 is 0 Å². The second kappa shape index (κ2) is 4.30. The molecule has 0 unspecified atom stereocenters. The molecule has 1 heterocycles. The zero-order chi connectivity index (χ0) is 11.5. The number of nitrogens with two attached hydrogens (primary N) is 1. The normalized spacial score (nSPS) is 10.9. The summed E-state index contributed by atoms with van der Waals surface area (Å²) in [4.78, 5) is 1.62. The van der Waals surface area contributed by atoms with E-state index in [2.05, 4.69) is 29.3 Å². The lowest BCUT2D eigenvalue weighted by Crippen LogP contribution is -2.07. The van der Waals surface area contributed by atoms with Crippen LogP contribution < -0.4 is 5.73 Å². The summed E-state index contributed by atoms with van der Waals surface area (Å²) in [6.45, 7) is 5.01. The van der Waals surface area contributed by atoms with Crippen LogP contribution in [0.3, 0.4) is 0 Å². The Hall–Kier alpha value is -1.91. The summed E-state index contributed by atoms with van der Waals surface area (Å²) in [6.07, 6.45) is 0. The van der Waals surface area contributed by atoms with E-state index >= 15 is 0 Å². The van der Waals surface area contributed by atoms with Crippen molar-refractivity contribution in [1.29, 1.82) is 0 Å². The maximum Gasteiger partial charge on any atom is 0.204 e. The molecule has 0 spiro atoms. The number of benzene rings is 1. The standard InChI is InChI=1S/C11H15N5/c1-8(2)7-16-14-11(13-15-16)9-3-5-10(12)6-4-9/h3-6,8H,7,12H2,1-2H3. The van der Waals surface area contributed by atoms with Gasteiger partial charge in [-0.25, -0.2) is 0 Å². The van der Waals surface area contributed by atoms with Gasteiger partial charge in [-0.3, -0.25) is 0 Å². The van der Waals surface area contributed by atoms with Crippen LogP contribution in [-0.2, 0) is 6.54 Å². The number of hydrogen-bond acceptors (Lipinski definition) is 4. The fourth-order valence-corrected chi connectivity index (χ4v) is 1.39. The van der Waals surface area contributed by atoms with Crippen molar-refractivity contribution in [3.63, 3.8) is 0 Å². The van der Waals surface area contributed by atoms with Gasteiger partial charge in [0.25, 0.3) is 0 Å². The van der Waals surface area contributed by atoms with Gasteiger partial charge < -0.3 is 5.73 Å². The first kappa shape index (κ1) is 10.6. The van der Waals surface area contributed by atoms with E-state index in [1.807, 2.05) is 24.3 Å². The molecule has 5 heteroatoms. The number of anilines is 1. The summed E-state index contributed by atoms with van der Waals surface area (Å²) >= 11 is 0. The fraction of sp³-hybridized carbons (Fsp3) is 0.364. The Morgan fingerprint density at radius 2 is 1.94 bits per heavy atom. The highest BCUT2D eigenvalue weighted by Crippen LogP contribution is 2.15. The van der Waals surface area contributed by atoms with Gasteiger partial charge >= 0.3 is 0 Å². The maximum absolute atomic E-state index is 5.61. The number of aromatic nitrogens is 4. The van der Waals surface area contributed by atoms with Crippen molar-refractivity contribution < 1.29 is 0 Å². The molecule has 0 fully saturated rings. The molecule has 0 bridgehead atoms. The molecule has 84 valence electrons. The van der Waals surface area contributed by atoms with Crippen LogP contribution in [0.4, 0.5) is 5.69 Å². The summed E-state index contributed by atoms with van der Waals surface area (Å²) in [5.41, 5.74) is 7.28. The third-order valence-corrected chi connectivity index (χ3v) is 2.15. The minimum atomic E-state index is 0.508. The average molecular weight is 217 g/mol. The summed E-state index contributed by atoms with van der Waals surface area (Å²) in [5.74, 6) is 1.15. The van der Waals surface area contributed by atoms with E-state index in [1.165, 1.54) is 0 Å². The third-order valence-electron chi connectivity index (χ3n) is 2.15. The second-order valence-corrected chi connectivity index (χ2v) is 4.18. The summed E-state index contributed by atoms with van der Waals surface area (Å²) < 4.78 is 0. The van der Waals surface area contributed by atoms with Gasteiger partial charge in [-0.1, -0.05) is 13.8 Å². The molecule has 0 aliphatic rings. The molecule has 0 radical (unpaired) electrons. The van der Waals surface area contributed by atoms with E-state index in [4.69, 9.17) is 5.73 Å². The Balaban J connectivity index is 2.21. The van der Waals surface area contributed by atoms with Gasteiger partial charge in [-0.15, -0.1) is 10.2 Å². The van der Waals surface area contributed by atoms with Gasteiger partial charge in [-0.05, 0) is 35.4 Å². The number of nitrogen functional groups attached to an aromatic ring is 1. The van der Waals surface area contributed by atoms with Crippen molar-refractivity contribution in [2.45, 2.75) is 20.4 Å². The van der Waals surface area contributed by atoms with E-state index < -0.39 is 0 Å². The Morgan fingerprint density at radius 1 is 1.25 bits per heavy atom. The van der Waals surface area contributed by atoms with Crippen LogP contribution in [0.2, 0.25) is 0 Å². The van der Waals surface area contributed by atoms with Crippen LogP contribution in [0.15, 0.2) is 24.3 Å². The van der Waals surface area contributed by atoms with E-state index in [9.17, 15) is 0 Å². The lowest BCUT2D eigenvalue weighted by molar-refractivity contribution is 0.430. The SMILES string of the molecule is CC(C)Cn1nnc(-c2ccc(N)cc2)n1. The predicted molar refractivity (Wildman–Crippen MR) is 62.5 cm³/mol. The van der Waals surface area contributed by atoms with Gasteiger partial charge in [0.05, 0.1) is 6.54 Å². The summed E-state index contributed by atoms with van der Waals surface area (Å²) in [6, 6.07) is 7.45. The Morgan fingerprint density at radius 3 is 2.56 bits per heavy atom. The van der Waals surface area contributed by atoms with Gasteiger partial charge in [0.15, 0.2) is 0 Å². The van der Waals surface area contributed by atoms with Gasteiger partial charge in [0, 0.05) is 11.3 Å². The first-order chi connectivity index (χ1) is 7.65. The van der Waals surface area contributed by atoms with Crippen molar-refractivity contribution in [3.8, 4) is 11.4 Å². The van der Waals surface area contributed by atoms with Crippen LogP contribution in [0.1, 0.15) is 13.8 Å². The summed E-state index contributed by atoms with van der Waals surface area (Å²) in [5, 5.41) is 12.3. The predicted octanol–water partition coefficient (Wildman–Crippen LogP) is 1.58. The topological polar surface area (TPSA) is 69.6 Å². The quantitative estimate of drug-likeness (QED) is 0.792. The molecule has 0 saturated heterocycles. The molecule has 0 aliphatic heterocycles.